The van der Waals surface area contributed by atoms with Crippen LogP contribution in [0.25, 0.3) is 0 Å². The lowest BCUT2D eigenvalue weighted by molar-refractivity contribution is -0.142. The zero-order valence-corrected chi connectivity index (χ0v) is 15.4. The smallest absolute Gasteiger partial charge is 0.302 e. The average molecular weight is 329 g/mol. The van der Waals surface area contributed by atoms with Crippen molar-refractivity contribution in [2.75, 3.05) is 26.2 Å². The van der Waals surface area contributed by atoms with E-state index in [9.17, 15) is 4.79 Å². The minimum Gasteiger partial charge on any atom is -0.465 e. The van der Waals surface area contributed by atoms with E-state index < -0.39 is 0 Å². The predicted molar refractivity (Wildman–Crippen MR) is 97.1 cm³/mol. The van der Waals surface area contributed by atoms with E-state index in [0.717, 1.165) is 13.1 Å². The standard InChI is InChI=1S/C21H31NO2/c1-4-5-6-7-11-22-13-19-20(14-22)21(19,15-24-17(3)23)18-10-8-9-16(2)12-18/h8-10,12,19-20H,4-7,11,13-15H2,1-3H3. The molecule has 0 amide bonds. The number of esters is 1. The van der Waals surface area contributed by atoms with Gasteiger partial charge in [-0.2, -0.15) is 0 Å². The molecule has 1 aliphatic heterocycles. The molecule has 0 N–H and O–H groups in total. The molecule has 2 unspecified atom stereocenters. The van der Waals surface area contributed by atoms with Gasteiger partial charge in [-0.15, -0.1) is 0 Å². The number of likely N-dealkylation sites (tertiary alicyclic amines) is 1. The number of hydrogen-bond acceptors (Lipinski definition) is 3. The zero-order chi connectivity index (χ0) is 17.2. The SMILES string of the molecule is CCCCCCN1CC2C(C1)C2(COC(C)=O)c1cccc(C)c1. The van der Waals surface area contributed by atoms with Crippen molar-refractivity contribution in [1.29, 1.82) is 0 Å². The van der Waals surface area contributed by atoms with Gasteiger partial charge in [-0.1, -0.05) is 56.0 Å². The van der Waals surface area contributed by atoms with Gasteiger partial charge in [0.2, 0.25) is 0 Å². The molecule has 3 nitrogen and oxygen atoms in total. The summed E-state index contributed by atoms with van der Waals surface area (Å²) in [6, 6.07) is 8.78. The Balaban J connectivity index is 1.65. The van der Waals surface area contributed by atoms with Crippen LogP contribution in [0.4, 0.5) is 0 Å². The van der Waals surface area contributed by atoms with Crippen LogP contribution in [0, 0.1) is 18.8 Å². The van der Waals surface area contributed by atoms with Gasteiger partial charge in [0.05, 0.1) is 0 Å². The van der Waals surface area contributed by atoms with Crippen LogP contribution in [-0.2, 0) is 14.9 Å². The van der Waals surface area contributed by atoms with Gasteiger partial charge in [0.15, 0.2) is 0 Å². The molecule has 2 fully saturated rings. The van der Waals surface area contributed by atoms with E-state index in [0.29, 0.717) is 18.4 Å². The highest BCUT2D eigenvalue weighted by molar-refractivity contribution is 5.66. The minimum absolute atomic E-state index is 0.0671. The Labute approximate surface area is 146 Å². The first kappa shape index (κ1) is 17.5. The van der Waals surface area contributed by atoms with E-state index in [4.69, 9.17) is 4.74 Å². The second kappa shape index (κ2) is 7.26. The molecule has 3 rings (SSSR count). The largest absolute Gasteiger partial charge is 0.465 e. The molecule has 132 valence electrons. The van der Waals surface area contributed by atoms with Crippen LogP contribution < -0.4 is 0 Å². The quantitative estimate of drug-likeness (QED) is 0.534. The molecule has 1 heterocycles. The number of nitrogens with zero attached hydrogens (tertiary/aromatic N) is 1. The van der Waals surface area contributed by atoms with Gasteiger partial charge in [-0.3, -0.25) is 4.79 Å². The molecule has 1 saturated carbocycles. The third kappa shape index (κ3) is 3.37. The zero-order valence-electron chi connectivity index (χ0n) is 15.4. The number of aryl methyl sites for hydroxylation is 1. The molecule has 0 bridgehead atoms. The van der Waals surface area contributed by atoms with Gasteiger partial charge >= 0.3 is 5.97 Å². The first-order chi connectivity index (χ1) is 11.6. The van der Waals surface area contributed by atoms with Crippen LogP contribution in [-0.4, -0.2) is 37.1 Å². The molecular weight excluding hydrogens is 298 g/mol. The Hall–Kier alpha value is -1.35. The van der Waals surface area contributed by atoms with Crippen LogP contribution in [0.1, 0.15) is 50.7 Å². The molecular formula is C21H31NO2. The molecule has 0 radical (unpaired) electrons. The molecule has 2 aliphatic rings. The number of hydrogen-bond donors (Lipinski definition) is 0. The maximum atomic E-state index is 11.4. The van der Waals surface area contributed by atoms with Crippen molar-refractivity contribution in [3.63, 3.8) is 0 Å². The van der Waals surface area contributed by atoms with E-state index in [1.54, 1.807) is 0 Å². The van der Waals surface area contributed by atoms with Crippen LogP contribution in [0.3, 0.4) is 0 Å². The third-order valence-electron chi connectivity index (χ3n) is 6.01. The summed E-state index contributed by atoms with van der Waals surface area (Å²) in [5, 5.41) is 0. The van der Waals surface area contributed by atoms with Crippen molar-refractivity contribution in [1.82, 2.24) is 4.90 Å². The molecule has 1 aromatic carbocycles. The lowest BCUT2D eigenvalue weighted by Crippen LogP contribution is -2.34. The highest BCUT2D eigenvalue weighted by Crippen LogP contribution is 2.63. The summed E-state index contributed by atoms with van der Waals surface area (Å²) in [6.07, 6.45) is 5.30. The summed E-state index contributed by atoms with van der Waals surface area (Å²) >= 11 is 0. The van der Waals surface area contributed by atoms with Crippen LogP contribution >= 0.6 is 0 Å². The lowest BCUT2D eigenvalue weighted by Gasteiger charge is -2.27. The number of carbonyl (C=O) groups is 1. The van der Waals surface area contributed by atoms with E-state index in [1.807, 2.05) is 0 Å². The van der Waals surface area contributed by atoms with Crippen molar-refractivity contribution in [3.05, 3.63) is 35.4 Å². The molecule has 2 atom stereocenters. The second-order valence-electron chi connectivity index (χ2n) is 7.72. The summed E-state index contributed by atoms with van der Waals surface area (Å²) < 4.78 is 5.49. The number of unbranched alkanes of at least 4 members (excludes halogenated alkanes) is 3. The average Bonchev–Trinajstić information content (AvgIpc) is 2.93. The van der Waals surface area contributed by atoms with Crippen molar-refractivity contribution in [2.45, 2.75) is 51.9 Å². The molecule has 1 aliphatic carbocycles. The second-order valence-corrected chi connectivity index (χ2v) is 7.72. The Morgan fingerprint density at radius 1 is 1.25 bits per heavy atom. The van der Waals surface area contributed by atoms with E-state index in [1.165, 1.54) is 50.3 Å². The summed E-state index contributed by atoms with van der Waals surface area (Å²) in [4.78, 5) is 14.0. The Kier molecular flexibility index (Phi) is 5.29. The summed E-state index contributed by atoms with van der Waals surface area (Å²) in [7, 11) is 0. The van der Waals surface area contributed by atoms with Crippen LogP contribution in [0.15, 0.2) is 24.3 Å². The number of carbonyl (C=O) groups excluding carboxylic acids is 1. The third-order valence-corrected chi connectivity index (χ3v) is 6.01. The summed E-state index contributed by atoms with van der Waals surface area (Å²) in [5.74, 6) is 1.12. The monoisotopic (exact) mass is 329 g/mol. The first-order valence-electron chi connectivity index (χ1n) is 9.50. The molecule has 3 heteroatoms. The van der Waals surface area contributed by atoms with Gasteiger partial charge in [-0.05, 0) is 37.3 Å². The van der Waals surface area contributed by atoms with Gasteiger partial charge < -0.3 is 9.64 Å². The number of benzene rings is 1. The van der Waals surface area contributed by atoms with Gasteiger partial charge in [0.1, 0.15) is 6.61 Å². The van der Waals surface area contributed by atoms with Gasteiger partial charge in [-0.25, -0.2) is 0 Å². The van der Waals surface area contributed by atoms with Crippen LogP contribution in [0.5, 0.6) is 0 Å². The Morgan fingerprint density at radius 3 is 2.62 bits per heavy atom. The molecule has 24 heavy (non-hydrogen) atoms. The minimum atomic E-state index is -0.163. The Morgan fingerprint density at radius 2 is 2.00 bits per heavy atom. The van der Waals surface area contributed by atoms with Crippen LogP contribution in [0.2, 0.25) is 0 Å². The molecule has 0 aromatic heterocycles. The summed E-state index contributed by atoms with van der Waals surface area (Å²) in [5.41, 5.74) is 2.72. The Bertz CT molecular complexity index is 571. The number of fused-ring (bicyclic) bond motifs is 1. The lowest BCUT2D eigenvalue weighted by atomic mass is 9.89. The van der Waals surface area contributed by atoms with Gasteiger partial charge in [0, 0.05) is 25.4 Å². The van der Waals surface area contributed by atoms with Crippen molar-refractivity contribution < 1.29 is 9.53 Å². The molecule has 1 aromatic rings. The fraction of sp³-hybridized carbons (Fsp3) is 0.667. The number of piperidine rings is 1. The molecule has 1 saturated heterocycles. The maximum absolute atomic E-state index is 11.4. The fourth-order valence-electron chi connectivity index (χ4n) is 4.64. The highest BCUT2D eigenvalue weighted by atomic mass is 16.5. The summed E-state index contributed by atoms with van der Waals surface area (Å²) in [6.45, 7) is 10.0. The number of rotatable bonds is 8. The fourth-order valence-corrected chi connectivity index (χ4v) is 4.64. The topological polar surface area (TPSA) is 29.5 Å². The van der Waals surface area contributed by atoms with Crippen molar-refractivity contribution in [3.8, 4) is 0 Å². The first-order valence-corrected chi connectivity index (χ1v) is 9.50. The van der Waals surface area contributed by atoms with E-state index >= 15 is 0 Å². The van der Waals surface area contributed by atoms with E-state index in [-0.39, 0.29) is 11.4 Å². The molecule has 0 spiro atoms. The predicted octanol–water partition coefficient (Wildman–Crippen LogP) is 3.94. The normalized spacial score (nSPS) is 28.6. The highest BCUT2D eigenvalue weighted by Gasteiger charge is 2.69. The van der Waals surface area contributed by atoms with Crippen molar-refractivity contribution >= 4 is 5.97 Å². The van der Waals surface area contributed by atoms with Crippen molar-refractivity contribution in [2.24, 2.45) is 11.8 Å². The number of ether oxygens (including phenoxy) is 1. The van der Waals surface area contributed by atoms with Gasteiger partial charge in [0.25, 0.3) is 0 Å². The van der Waals surface area contributed by atoms with E-state index in [2.05, 4.69) is 43.0 Å². The maximum Gasteiger partial charge on any atom is 0.302 e.